The Morgan fingerprint density at radius 1 is 1.21 bits per heavy atom. The number of fused-ring (bicyclic) bond motifs is 1. The minimum Gasteiger partial charge on any atom is -0.485 e. The molecule has 1 aromatic carbocycles. The minimum absolute atomic E-state index is 0.0503. The van der Waals surface area contributed by atoms with E-state index >= 15 is 0 Å². The fourth-order valence-electron chi connectivity index (χ4n) is 4.29. The molecule has 29 heavy (non-hydrogen) atoms. The van der Waals surface area contributed by atoms with Crippen molar-refractivity contribution in [2.75, 3.05) is 32.6 Å². The monoisotopic (exact) mass is 395 g/mol. The molecule has 2 heterocycles. The second-order valence-corrected chi connectivity index (χ2v) is 8.28. The maximum atomic E-state index is 13.4. The van der Waals surface area contributed by atoms with Gasteiger partial charge >= 0.3 is 0 Å². The van der Waals surface area contributed by atoms with Crippen molar-refractivity contribution in [3.63, 3.8) is 0 Å². The van der Waals surface area contributed by atoms with Crippen LogP contribution in [0, 0.1) is 0 Å². The van der Waals surface area contributed by atoms with Gasteiger partial charge in [0, 0.05) is 44.6 Å². The molecule has 1 spiro atoms. The number of carbonyl (C=O) groups is 1. The summed E-state index contributed by atoms with van der Waals surface area (Å²) in [6, 6.07) is 8.56. The van der Waals surface area contributed by atoms with Crippen molar-refractivity contribution in [2.24, 2.45) is 0 Å². The van der Waals surface area contributed by atoms with Gasteiger partial charge in [-0.25, -0.2) is 9.97 Å². The Balaban J connectivity index is 1.62. The van der Waals surface area contributed by atoms with Gasteiger partial charge in [0.2, 0.25) is 5.95 Å². The average molecular weight is 396 g/mol. The number of hydrogen-bond donors (Lipinski definition) is 1. The number of carbonyl (C=O) groups excluding carboxylic acids is 1. The maximum Gasteiger partial charge on any atom is 0.257 e. The number of ether oxygens (including phenoxy) is 1. The molecule has 0 unspecified atom stereocenters. The standard InChI is InChI=1S/C22H29N5O2/c1-23-18-8-10-22(11-9-18)15-27(14-16-6-4-5-7-19(16)29-22)20(28)17-12-24-21(25-13-17)26(2)3/h4-7,12-13,18,23H,8-11,14-15H2,1-3H3. The molecule has 0 atom stereocenters. The molecule has 7 heteroatoms. The highest BCUT2D eigenvalue weighted by Crippen LogP contribution is 2.38. The number of hydrogen-bond acceptors (Lipinski definition) is 6. The number of nitrogens with one attached hydrogen (secondary N) is 1. The van der Waals surface area contributed by atoms with Gasteiger partial charge in [0.25, 0.3) is 5.91 Å². The van der Waals surface area contributed by atoms with Crippen molar-refractivity contribution >= 4 is 11.9 Å². The average Bonchev–Trinajstić information content (AvgIpc) is 2.90. The second kappa shape index (κ2) is 7.99. The van der Waals surface area contributed by atoms with Crippen LogP contribution in [0.15, 0.2) is 36.7 Å². The number of aromatic nitrogens is 2. The van der Waals surface area contributed by atoms with E-state index in [4.69, 9.17) is 4.74 Å². The fraction of sp³-hybridized carbons (Fsp3) is 0.500. The Labute approximate surface area is 172 Å². The summed E-state index contributed by atoms with van der Waals surface area (Å²) in [6.07, 6.45) is 7.17. The SMILES string of the molecule is CNC1CCC2(CC1)CN(C(=O)c1cnc(N(C)C)nc1)Cc1ccccc1O2. The molecule has 1 N–H and O–H groups in total. The third-order valence-electron chi connectivity index (χ3n) is 6.02. The topological polar surface area (TPSA) is 70.6 Å². The zero-order valence-corrected chi connectivity index (χ0v) is 17.4. The Hall–Kier alpha value is -2.67. The summed E-state index contributed by atoms with van der Waals surface area (Å²) in [4.78, 5) is 25.7. The van der Waals surface area contributed by atoms with E-state index in [0.29, 0.717) is 30.6 Å². The predicted molar refractivity (Wildman–Crippen MR) is 112 cm³/mol. The highest BCUT2D eigenvalue weighted by molar-refractivity contribution is 5.93. The van der Waals surface area contributed by atoms with Gasteiger partial charge in [-0.3, -0.25) is 4.79 Å². The zero-order chi connectivity index (χ0) is 20.4. The van der Waals surface area contributed by atoms with Crippen molar-refractivity contribution in [3.8, 4) is 5.75 Å². The summed E-state index contributed by atoms with van der Waals surface area (Å²) < 4.78 is 6.59. The molecule has 154 valence electrons. The smallest absolute Gasteiger partial charge is 0.257 e. The van der Waals surface area contributed by atoms with Crippen LogP contribution in [-0.4, -0.2) is 60.1 Å². The third kappa shape index (κ3) is 4.05. The largest absolute Gasteiger partial charge is 0.485 e. The molecule has 0 radical (unpaired) electrons. The normalized spacial score (nSPS) is 23.8. The van der Waals surface area contributed by atoms with Gasteiger partial charge in [-0.05, 0) is 38.8 Å². The molecule has 7 nitrogen and oxygen atoms in total. The third-order valence-corrected chi connectivity index (χ3v) is 6.02. The molecular weight excluding hydrogens is 366 g/mol. The van der Waals surface area contributed by atoms with Crippen LogP contribution < -0.4 is 15.0 Å². The van der Waals surface area contributed by atoms with E-state index in [9.17, 15) is 4.79 Å². The molecule has 1 aliphatic heterocycles. The Morgan fingerprint density at radius 3 is 2.55 bits per heavy atom. The molecule has 2 aromatic rings. The van der Waals surface area contributed by atoms with Crippen LogP contribution in [0.5, 0.6) is 5.75 Å². The van der Waals surface area contributed by atoms with Crippen LogP contribution in [0.25, 0.3) is 0 Å². The quantitative estimate of drug-likeness (QED) is 0.861. The molecule has 1 fully saturated rings. The highest BCUT2D eigenvalue weighted by atomic mass is 16.5. The van der Waals surface area contributed by atoms with Gasteiger partial charge in [0.15, 0.2) is 0 Å². The van der Waals surface area contributed by atoms with Crippen LogP contribution in [0.1, 0.15) is 41.6 Å². The molecule has 1 saturated carbocycles. The van der Waals surface area contributed by atoms with Crippen LogP contribution in [-0.2, 0) is 6.54 Å². The highest BCUT2D eigenvalue weighted by Gasteiger charge is 2.42. The first kappa shape index (κ1) is 19.6. The van der Waals surface area contributed by atoms with Gasteiger partial charge in [-0.2, -0.15) is 0 Å². The van der Waals surface area contributed by atoms with Crippen LogP contribution in [0.3, 0.4) is 0 Å². The van der Waals surface area contributed by atoms with Gasteiger partial charge in [-0.1, -0.05) is 18.2 Å². The molecule has 0 bridgehead atoms. The van der Waals surface area contributed by atoms with E-state index in [2.05, 4.69) is 15.3 Å². The van der Waals surface area contributed by atoms with Gasteiger partial charge in [0.1, 0.15) is 11.4 Å². The second-order valence-electron chi connectivity index (χ2n) is 8.28. The predicted octanol–water partition coefficient (Wildman–Crippen LogP) is 2.48. The summed E-state index contributed by atoms with van der Waals surface area (Å²) in [6.45, 7) is 1.11. The maximum absolute atomic E-state index is 13.4. The molecular formula is C22H29N5O2. The lowest BCUT2D eigenvalue weighted by atomic mass is 9.81. The Morgan fingerprint density at radius 2 is 1.90 bits per heavy atom. The van der Waals surface area contributed by atoms with E-state index in [1.165, 1.54) is 0 Å². The molecule has 4 rings (SSSR count). The molecule has 0 saturated heterocycles. The number of amides is 1. The van der Waals surface area contributed by atoms with Gasteiger partial charge in [0.05, 0.1) is 12.1 Å². The summed E-state index contributed by atoms with van der Waals surface area (Å²) in [5.74, 6) is 1.43. The number of benzene rings is 1. The van der Waals surface area contributed by atoms with Crippen molar-refractivity contribution in [1.82, 2.24) is 20.2 Å². The van der Waals surface area contributed by atoms with Crippen molar-refractivity contribution < 1.29 is 9.53 Å². The van der Waals surface area contributed by atoms with E-state index in [1.807, 2.05) is 55.2 Å². The van der Waals surface area contributed by atoms with E-state index < -0.39 is 0 Å². The summed E-state index contributed by atoms with van der Waals surface area (Å²) in [7, 11) is 5.77. The Bertz CT molecular complexity index is 860. The first-order valence-electron chi connectivity index (χ1n) is 10.2. The summed E-state index contributed by atoms with van der Waals surface area (Å²) in [5.41, 5.74) is 1.20. The first-order chi connectivity index (χ1) is 14.0. The zero-order valence-electron chi connectivity index (χ0n) is 17.4. The van der Waals surface area contributed by atoms with Crippen LogP contribution in [0.2, 0.25) is 0 Å². The van der Waals surface area contributed by atoms with Gasteiger partial charge < -0.3 is 19.9 Å². The van der Waals surface area contributed by atoms with E-state index in [0.717, 1.165) is 37.0 Å². The Kier molecular flexibility index (Phi) is 5.41. The number of para-hydroxylation sites is 1. The molecule has 1 aliphatic carbocycles. The first-order valence-corrected chi connectivity index (χ1v) is 10.2. The lowest BCUT2D eigenvalue weighted by Crippen LogP contribution is -2.51. The molecule has 1 amide bonds. The van der Waals surface area contributed by atoms with Gasteiger partial charge in [-0.15, -0.1) is 0 Å². The van der Waals surface area contributed by atoms with E-state index in [-0.39, 0.29) is 11.5 Å². The minimum atomic E-state index is -0.347. The van der Waals surface area contributed by atoms with Crippen LogP contribution >= 0.6 is 0 Å². The number of anilines is 1. The van der Waals surface area contributed by atoms with Crippen molar-refractivity contribution in [1.29, 1.82) is 0 Å². The molecule has 1 aromatic heterocycles. The van der Waals surface area contributed by atoms with Crippen molar-refractivity contribution in [3.05, 3.63) is 47.8 Å². The number of nitrogens with zero attached hydrogens (tertiary/aromatic N) is 4. The summed E-state index contributed by atoms with van der Waals surface area (Å²) in [5, 5.41) is 3.38. The fourth-order valence-corrected chi connectivity index (χ4v) is 4.29. The van der Waals surface area contributed by atoms with E-state index in [1.54, 1.807) is 12.4 Å². The van der Waals surface area contributed by atoms with Crippen LogP contribution in [0.4, 0.5) is 5.95 Å². The lowest BCUT2D eigenvalue weighted by molar-refractivity contribution is 0.000409. The lowest BCUT2D eigenvalue weighted by Gasteiger charge is -2.41. The van der Waals surface area contributed by atoms with Crippen molar-refractivity contribution in [2.45, 2.75) is 43.9 Å². The number of rotatable bonds is 3. The summed E-state index contributed by atoms with van der Waals surface area (Å²) >= 11 is 0. The molecule has 2 aliphatic rings.